The van der Waals surface area contributed by atoms with Gasteiger partial charge in [-0.25, -0.2) is 0 Å². The smallest absolute Gasteiger partial charge is 0.0781 e. The first-order valence-corrected chi connectivity index (χ1v) is 8.00. The Morgan fingerprint density at radius 3 is 2.37 bits per heavy atom. The Morgan fingerprint density at radius 1 is 1.05 bits per heavy atom. The van der Waals surface area contributed by atoms with E-state index in [2.05, 4.69) is 26.1 Å². The van der Waals surface area contributed by atoms with Crippen LogP contribution in [-0.4, -0.2) is 6.04 Å². The van der Waals surface area contributed by atoms with Crippen molar-refractivity contribution < 1.29 is 0 Å². The normalized spacial score (nSPS) is 14.4. The van der Waals surface area contributed by atoms with Crippen LogP contribution in [0, 0.1) is 0 Å². The third-order valence-corrected chi connectivity index (χ3v) is 4.61. The molecule has 2 unspecified atom stereocenters. The summed E-state index contributed by atoms with van der Waals surface area (Å²) in [6.07, 6.45) is 4.97. The van der Waals surface area contributed by atoms with Crippen LogP contribution in [0.2, 0.25) is 15.1 Å². The third-order valence-electron chi connectivity index (χ3n) is 3.31. The van der Waals surface area contributed by atoms with Crippen LogP contribution in [0.15, 0.2) is 12.1 Å². The second-order valence-electron chi connectivity index (χ2n) is 5.05. The average Bonchev–Trinajstić information content (AvgIpc) is 2.36. The van der Waals surface area contributed by atoms with Crippen molar-refractivity contribution in [2.24, 2.45) is 0 Å². The van der Waals surface area contributed by atoms with Gasteiger partial charge in [0.1, 0.15) is 0 Å². The van der Waals surface area contributed by atoms with E-state index in [-0.39, 0.29) is 6.04 Å². The molecule has 1 rings (SSSR count). The van der Waals surface area contributed by atoms with E-state index < -0.39 is 0 Å². The number of benzene rings is 1. The molecule has 0 saturated heterocycles. The first-order valence-electron chi connectivity index (χ1n) is 6.86. The molecule has 0 aliphatic rings. The van der Waals surface area contributed by atoms with Crippen molar-refractivity contribution in [1.29, 1.82) is 0 Å². The number of unbranched alkanes of at least 4 members (excludes halogenated alkanes) is 2. The van der Waals surface area contributed by atoms with E-state index in [4.69, 9.17) is 34.8 Å². The zero-order valence-electron chi connectivity index (χ0n) is 11.8. The predicted octanol–water partition coefficient (Wildman–Crippen LogP) is 6.27. The molecule has 0 radical (unpaired) electrons. The lowest BCUT2D eigenvalue weighted by atomic mass is 10.1. The zero-order valence-corrected chi connectivity index (χ0v) is 14.0. The molecule has 0 aromatic heterocycles. The van der Waals surface area contributed by atoms with Crippen molar-refractivity contribution >= 4 is 34.8 Å². The third kappa shape index (κ3) is 5.15. The van der Waals surface area contributed by atoms with Crippen LogP contribution in [0.25, 0.3) is 0 Å². The van der Waals surface area contributed by atoms with E-state index in [1.54, 1.807) is 6.07 Å². The minimum atomic E-state index is 0.166. The molecule has 0 aliphatic heterocycles. The minimum absolute atomic E-state index is 0.166. The molecule has 0 spiro atoms. The van der Waals surface area contributed by atoms with Crippen LogP contribution in [0.3, 0.4) is 0 Å². The van der Waals surface area contributed by atoms with Crippen LogP contribution >= 0.6 is 34.8 Å². The van der Waals surface area contributed by atoms with Crippen molar-refractivity contribution in [3.63, 3.8) is 0 Å². The summed E-state index contributed by atoms with van der Waals surface area (Å²) < 4.78 is 0. The summed E-state index contributed by atoms with van der Waals surface area (Å²) >= 11 is 18.3. The topological polar surface area (TPSA) is 12.0 Å². The molecule has 0 heterocycles. The summed E-state index contributed by atoms with van der Waals surface area (Å²) in [5.41, 5.74) is 0.999. The largest absolute Gasteiger partial charge is 0.308 e. The summed E-state index contributed by atoms with van der Waals surface area (Å²) in [6.45, 7) is 6.52. The highest BCUT2D eigenvalue weighted by Crippen LogP contribution is 2.35. The first-order chi connectivity index (χ1) is 8.97. The molecule has 0 amide bonds. The molecule has 1 N–H and O–H groups in total. The lowest BCUT2D eigenvalue weighted by molar-refractivity contribution is 0.440. The van der Waals surface area contributed by atoms with E-state index in [9.17, 15) is 0 Å². The standard InChI is InChI=1S/C15H22Cl3N/c1-4-5-6-7-10(2)19-11(3)12-8-9-13(16)15(18)14(12)17/h8-11,19H,4-7H2,1-3H3. The monoisotopic (exact) mass is 321 g/mol. The molecule has 0 saturated carbocycles. The van der Waals surface area contributed by atoms with Gasteiger partial charge in [0.05, 0.1) is 15.1 Å². The Bertz CT molecular complexity index is 407. The molecule has 1 nitrogen and oxygen atoms in total. The second kappa shape index (κ2) is 8.36. The molecule has 1 aromatic rings. The van der Waals surface area contributed by atoms with E-state index in [1.165, 1.54) is 25.7 Å². The number of hydrogen-bond donors (Lipinski definition) is 1. The lowest BCUT2D eigenvalue weighted by Crippen LogP contribution is -2.29. The number of rotatable bonds is 7. The molecule has 0 bridgehead atoms. The molecule has 0 fully saturated rings. The molecule has 2 atom stereocenters. The highest BCUT2D eigenvalue weighted by molar-refractivity contribution is 6.48. The summed E-state index contributed by atoms with van der Waals surface area (Å²) in [7, 11) is 0. The Balaban J connectivity index is 2.63. The lowest BCUT2D eigenvalue weighted by Gasteiger charge is -2.21. The van der Waals surface area contributed by atoms with E-state index >= 15 is 0 Å². The maximum Gasteiger partial charge on any atom is 0.0781 e. The van der Waals surface area contributed by atoms with E-state index in [0.717, 1.165) is 5.56 Å². The first kappa shape index (κ1) is 17.1. The quantitative estimate of drug-likeness (QED) is 0.461. The minimum Gasteiger partial charge on any atom is -0.308 e. The van der Waals surface area contributed by atoms with Gasteiger partial charge in [-0.05, 0) is 31.9 Å². The van der Waals surface area contributed by atoms with Gasteiger partial charge in [-0.2, -0.15) is 0 Å². The fraction of sp³-hybridized carbons (Fsp3) is 0.600. The van der Waals surface area contributed by atoms with E-state index in [1.807, 2.05) is 6.07 Å². The van der Waals surface area contributed by atoms with Crippen LogP contribution in [0.5, 0.6) is 0 Å². The fourth-order valence-electron chi connectivity index (χ4n) is 2.18. The molecular weight excluding hydrogens is 301 g/mol. The number of hydrogen-bond acceptors (Lipinski definition) is 1. The number of halogens is 3. The Hall–Kier alpha value is 0.0500. The SMILES string of the molecule is CCCCCC(C)NC(C)c1ccc(Cl)c(Cl)c1Cl. The molecule has 4 heteroatoms. The van der Waals surface area contributed by atoms with Crippen molar-refractivity contribution in [3.05, 3.63) is 32.8 Å². The van der Waals surface area contributed by atoms with Crippen LogP contribution in [0.1, 0.15) is 58.1 Å². The van der Waals surface area contributed by atoms with Crippen LogP contribution in [0.4, 0.5) is 0 Å². The summed E-state index contributed by atoms with van der Waals surface area (Å²) in [6, 6.07) is 4.36. The van der Waals surface area contributed by atoms with Gasteiger partial charge in [0, 0.05) is 12.1 Å². The van der Waals surface area contributed by atoms with Crippen LogP contribution in [-0.2, 0) is 0 Å². The van der Waals surface area contributed by atoms with Gasteiger partial charge >= 0.3 is 0 Å². The maximum absolute atomic E-state index is 6.25. The summed E-state index contributed by atoms with van der Waals surface area (Å²) in [5.74, 6) is 0. The highest BCUT2D eigenvalue weighted by atomic mass is 35.5. The molecule has 1 aromatic carbocycles. The van der Waals surface area contributed by atoms with Crippen LogP contribution < -0.4 is 5.32 Å². The zero-order chi connectivity index (χ0) is 14.4. The maximum atomic E-state index is 6.25. The predicted molar refractivity (Wildman–Crippen MR) is 86.6 cm³/mol. The average molecular weight is 323 g/mol. The van der Waals surface area contributed by atoms with Gasteiger partial charge in [0.15, 0.2) is 0 Å². The summed E-state index contributed by atoms with van der Waals surface area (Å²) in [5, 5.41) is 5.04. The molecule has 108 valence electrons. The van der Waals surface area contributed by atoms with Gasteiger partial charge in [0.25, 0.3) is 0 Å². The van der Waals surface area contributed by atoms with Gasteiger partial charge in [0.2, 0.25) is 0 Å². The molecular formula is C15H22Cl3N. The van der Waals surface area contributed by atoms with E-state index in [0.29, 0.717) is 21.1 Å². The molecule has 19 heavy (non-hydrogen) atoms. The van der Waals surface area contributed by atoms with Crippen molar-refractivity contribution in [2.75, 3.05) is 0 Å². The Labute approximate surface area is 131 Å². The van der Waals surface area contributed by atoms with Crippen molar-refractivity contribution in [3.8, 4) is 0 Å². The molecule has 0 aliphatic carbocycles. The van der Waals surface area contributed by atoms with Gasteiger partial charge in [-0.15, -0.1) is 0 Å². The van der Waals surface area contributed by atoms with Crippen molar-refractivity contribution in [1.82, 2.24) is 5.32 Å². The van der Waals surface area contributed by atoms with Gasteiger partial charge in [-0.3, -0.25) is 0 Å². The fourth-order valence-corrected chi connectivity index (χ4v) is 2.88. The highest BCUT2D eigenvalue weighted by Gasteiger charge is 2.15. The Kier molecular flexibility index (Phi) is 7.53. The summed E-state index contributed by atoms with van der Waals surface area (Å²) in [4.78, 5) is 0. The number of nitrogens with one attached hydrogen (secondary N) is 1. The van der Waals surface area contributed by atoms with Crippen molar-refractivity contribution in [2.45, 2.75) is 58.5 Å². The van der Waals surface area contributed by atoms with Gasteiger partial charge in [-0.1, -0.05) is 67.1 Å². The van der Waals surface area contributed by atoms with Gasteiger partial charge < -0.3 is 5.32 Å². The Morgan fingerprint density at radius 2 is 1.74 bits per heavy atom. The second-order valence-corrected chi connectivity index (χ2v) is 6.21.